The first kappa shape index (κ1) is 14.3. The van der Waals surface area contributed by atoms with Crippen molar-refractivity contribution >= 4 is 5.91 Å². The van der Waals surface area contributed by atoms with Crippen LogP contribution in [0.15, 0.2) is 0 Å². The smallest absolute Gasteiger partial charge is 0.237 e. The molecule has 1 saturated heterocycles. The van der Waals surface area contributed by atoms with Crippen molar-refractivity contribution in [2.24, 2.45) is 5.92 Å². The number of nitrogens with one attached hydrogen (secondary N) is 2. The maximum Gasteiger partial charge on any atom is 0.237 e. The molecule has 0 bridgehead atoms. The lowest BCUT2D eigenvalue weighted by atomic mass is 9.75. The number of rotatable bonds is 4. The maximum absolute atomic E-state index is 12.4. The SMILES string of the molecule is CN(C)C1(CNC(=O)C2CC3CCCCC3N2)CCC1. The van der Waals surface area contributed by atoms with Crippen molar-refractivity contribution in [3.63, 3.8) is 0 Å². The van der Waals surface area contributed by atoms with Gasteiger partial charge >= 0.3 is 0 Å². The van der Waals surface area contributed by atoms with E-state index in [-0.39, 0.29) is 17.5 Å². The Morgan fingerprint density at radius 1 is 1.25 bits per heavy atom. The number of carbonyl (C=O) groups excluding carboxylic acids is 1. The van der Waals surface area contributed by atoms with Crippen molar-refractivity contribution in [2.75, 3.05) is 20.6 Å². The number of likely N-dealkylation sites (N-methyl/N-ethyl adjacent to an activating group) is 1. The Bertz CT molecular complexity index is 351. The predicted molar refractivity (Wildman–Crippen MR) is 80.6 cm³/mol. The fraction of sp³-hybridized carbons (Fsp3) is 0.938. The summed E-state index contributed by atoms with van der Waals surface area (Å²) in [5.41, 5.74) is 0.223. The molecule has 3 rings (SSSR count). The van der Waals surface area contributed by atoms with Crippen LogP contribution in [-0.4, -0.2) is 49.1 Å². The highest BCUT2D eigenvalue weighted by molar-refractivity contribution is 5.82. The topological polar surface area (TPSA) is 44.4 Å². The molecule has 3 unspecified atom stereocenters. The second-order valence-electron chi connectivity index (χ2n) is 7.30. The normalized spacial score (nSPS) is 35.5. The lowest BCUT2D eigenvalue weighted by Crippen LogP contribution is -2.58. The van der Waals surface area contributed by atoms with Gasteiger partial charge < -0.3 is 15.5 Å². The van der Waals surface area contributed by atoms with Crippen LogP contribution in [0, 0.1) is 5.92 Å². The van der Waals surface area contributed by atoms with Gasteiger partial charge in [0.15, 0.2) is 0 Å². The average molecular weight is 279 g/mol. The molecule has 0 spiro atoms. The number of nitrogens with zero attached hydrogens (tertiary/aromatic N) is 1. The van der Waals surface area contributed by atoms with Crippen molar-refractivity contribution in [3.05, 3.63) is 0 Å². The van der Waals surface area contributed by atoms with Crippen molar-refractivity contribution in [1.29, 1.82) is 0 Å². The molecule has 3 fully saturated rings. The van der Waals surface area contributed by atoms with E-state index in [0.29, 0.717) is 6.04 Å². The van der Waals surface area contributed by atoms with E-state index in [0.717, 1.165) is 18.9 Å². The van der Waals surface area contributed by atoms with Crippen LogP contribution in [0.2, 0.25) is 0 Å². The quantitative estimate of drug-likeness (QED) is 0.820. The zero-order chi connectivity index (χ0) is 14.2. The van der Waals surface area contributed by atoms with Gasteiger partial charge in [-0.25, -0.2) is 0 Å². The van der Waals surface area contributed by atoms with Crippen molar-refractivity contribution in [2.45, 2.75) is 69.0 Å². The first-order valence-electron chi connectivity index (χ1n) is 8.32. The lowest BCUT2D eigenvalue weighted by Gasteiger charge is -2.47. The molecule has 3 atom stereocenters. The summed E-state index contributed by atoms with van der Waals surface area (Å²) in [6, 6.07) is 0.661. The summed E-state index contributed by atoms with van der Waals surface area (Å²) < 4.78 is 0. The summed E-state index contributed by atoms with van der Waals surface area (Å²) in [5, 5.41) is 6.78. The van der Waals surface area contributed by atoms with E-state index in [4.69, 9.17) is 0 Å². The monoisotopic (exact) mass is 279 g/mol. The maximum atomic E-state index is 12.4. The minimum absolute atomic E-state index is 0.0578. The number of fused-ring (bicyclic) bond motifs is 1. The van der Waals surface area contributed by atoms with Crippen LogP contribution in [0.3, 0.4) is 0 Å². The molecule has 0 radical (unpaired) electrons. The largest absolute Gasteiger partial charge is 0.353 e. The molecular formula is C16H29N3O. The molecule has 2 N–H and O–H groups in total. The minimum Gasteiger partial charge on any atom is -0.353 e. The van der Waals surface area contributed by atoms with Crippen molar-refractivity contribution in [1.82, 2.24) is 15.5 Å². The van der Waals surface area contributed by atoms with E-state index in [2.05, 4.69) is 29.6 Å². The third-order valence-electron chi connectivity index (χ3n) is 6.00. The molecule has 0 aromatic carbocycles. The minimum atomic E-state index is 0.0578. The fourth-order valence-electron chi connectivity index (χ4n) is 4.26. The molecule has 1 heterocycles. The Balaban J connectivity index is 1.50. The molecule has 3 aliphatic rings. The molecule has 20 heavy (non-hydrogen) atoms. The van der Waals surface area contributed by atoms with Crippen LogP contribution < -0.4 is 10.6 Å². The summed E-state index contributed by atoms with van der Waals surface area (Å²) in [5.74, 6) is 0.971. The highest BCUT2D eigenvalue weighted by atomic mass is 16.2. The van der Waals surface area contributed by atoms with Crippen LogP contribution in [-0.2, 0) is 4.79 Å². The van der Waals surface area contributed by atoms with Gasteiger partial charge in [-0.3, -0.25) is 4.79 Å². The van der Waals surface area contributed by atoms with Gasteiger partial charge in [0, 0.05) is 18.1 Å². The van der Waals surface area contributed by atoms with E-state index in [1.807, 2.05) is 0 Å². The summed E-state index contributed by atoms with van der Waals surface area (Å²) in [4.78, 5) is 14.7. The molecule has 1 aliphatic heterocycles. The highest BCUT2D eigenvalue weighted by Gasteiger charge is 2.41. The van der Waals surface area contributed by atoms with Crippen LogP contribution in [0.25, 0.3) is 0 Å². The molecule has 0 aromatic rings. The van der Waals surface area contributed by atoms with E-state index in [1.165, 1.54) is 44.9 Å². The summed E-state index contributed by atoms with van der Waals surface area (Å²) in [6.45, 7) is 0.812. The van der Waals surface area contributed by atoms with Crippen LogP contribution in [0.1, 0.15) is 51.4 Å². The Hall–Kier alpha value is -0.610. The zero-order valence-corrected chi connectivity index (χ0v) is 13.0. The summed E-state index contributed by atoms with van der Waals surface area (Å²) in [6.07, 6.45) is 10.0. The Morgan fingerprint density at radius 2 is 2.00 bits per heavy atom. The average Bonchev–Trinajstić information content (AvgIpc) is 2.80. The predicted octanol–water partition coefficient (Wildman–Crippen LogP) is 1.51. The molecule has 0 aromatic heterocycles. The van der Waals surface area contributed by atoms with Gasteiger partial charge in [-0.1, -0.05) is 12.8 Å². The zero-order valence-electron chi connectivity index (χ0n) is 13.0. The van der Waals surface area contributed by atoms with Crippen molar-refractivity contribution < 1.29 is 4.79 Å². The molecule has 1 amide bonds. The Labute approximate surface area is 122 Å². The first-order valence-corrected chi connectivity index (χ1v) is 8.32. The van der Waals surface area contributed by atoms with Crippen LogP contribution >= 0.6 is 0 Å². The van der Waals surface area contributed by atoms with Gasteiger partial charge in [-0.15, -0.1) is 0 Å². The lowest BCUT2D eigenvalue weighted by molar-refractivity contribution is -0.123. The van der Waals surface area contributed by atoms with Crippen LogP contribution in [0.4, 0.5) is 0 Å². The highest BCUT2D eigenvalue weighted by Crippen LogP contribution is 2.36. The molecule has 4 heteroatoms. The van der Waals surface area contributed by atoms with Gasteiger partial charge in [0.2, 0.25) is 5.91 Å². The van der Waals surface area contributed by atoms with E-state index in [9.17, 15) is 4.79 Å². The third-order valence-corrected chi connectivity index (χ3v) is 6.00. The number of hydrogen-bond donors (Lipinski definition) is 2. The van der Waals surface area contributed by atoms with E-state index >= 15 is 0 Å². The van der Waals surface area contributed by atoms with E-state index < -0.39 is 0 Å². The summed E-state index contributed by atoms with van der Waals surface area (Å²) in [7, 11) is 4.27. The van der Waals surface area contributed by atoms with Gasteiger partial charge in [0.1, 0.15) is 0 Å². The molecule has 2 saturated carbocycles. The number of amides is 1. The second-order valence-corrected chi connectivity index (χ2v) is 7.30. The number of carbonyl (C=O) groups is 1. The van der Waals surface area contributed by atoms with Gasteiger partial charge in [-0.05, 0) is 58.5 Å². The van der Waals surface area contributed by atoms with E-state index in [1.54, 1.807) is 0 Å². The van der Waals surface area contributed by atoms with Gasteiger partial charge in [0.25, 0.3) is 0 Å². The fourth-order valence-corrected chi connectivity index (χ4v) is 4.26. The van der Waals surface area contributed by atoms with Gasteiger partial charge in [-0.2, -0.15) is 0 Å². The summed E-state index contributed by atoms with van der Waals surface area (Å²) >= 11 is 0. The number of hydrogen-bond acceptors (Lipinski definition) is 3. The van der Waals surface area contributed by atoms with Crippen LogP contribution in [0.5, 0.6) is 0 Å². The van der Waals surface area contributed by atoms with Crippen molar-refractivity contribution in [3.8, 4) is 0 Å². The molecule has 114 valence electrons. The van der Waals surface area contributed by atoms with Gasteiger partial charge in [0.05, 0.1) is 6.04 Å². The first-order chi connectivity index (χ1) is 9.61. The molecule has 2 aliphatic carbocycles. The third kappa shape index (κ3) is 2.60. The molecular weight excluding hydrogens is 250 g/mol. The Morgan fingerprint density at radius 3 is 2.60 bits per heavy atom. The standard InChI is InChI=1S/C16H29N3O/c1-19(2)16(8-5-9-16)11-17-15(20)14-10-12-6-3-4-7-13(12)18-14/h12-14,18H,3-11H2,1-2H3,(H,17,20). The second kappa shape index (κ2) is 5.64. The molecule has 4 nitrogen and oxygen atoms in total. The Kier molecular flexibility index (Phi) is 4.04.